The lowest BCUT2D eigenvalue weighted by Gasteiger charge is -2.35. The van der Waals surface area contributed by atoms with Crippen LogP contribution in [0.1, 0.15) is 46.9 Å². The maximum Gasteiger partial charge on any atom is 0.268 e. The number of rotatable bonds is 4. The summed E-state index contributed by atoms with van der Waals surface area (Å²) in [5.74, 6) is 0.336. The maximum atomic E-state index is 13.6. The van der Waals surface area contributed by atoms with E-state index in [-0.39, 0.29) is 23.1 Å². The standard InChI is InChI=1S/C24H25N3O3/c1-17-13-16-27(20-11-3-4-12-21(20)30-2)24(29)22(17)23(28)26-15-8-6-10-19(26)18-9-5-7-14-25-18/h3-5,7,9,11-14,16,19H,6,8,10,15H2,1-2H3. The number of para-hydroxylation sites is 2. The Morgan fingerprint density at radius 3 is 2.67 bits per heavy atom. The van der Waals surface area contributed by atoms with E-state index in [0.717, 1.165) is 25.0 Å². The molecule has 1 atom stereocenters. The molecule has 1 aliphatic rings. The molecule has 1 aromatic carbocycles. The molecule has 1 fully saturated rings. The molecule has 1 aliphatic heterocycles. The fourth-order valence-corrected chi connectivity index (χ4v) is 4.10. The van der Waals surface area contributed by atoms with Crippen molar-refractivity contribution in [2.45, 2.75) is 32.2 Å². The van der Waals surface area contributed by atoms with Crippen LogP contribution in [0.25, 0.3) is 5.69 Å². The lowest BCUT2D eigenvalue weighted by atomic mass is 9.97. The highest BCUT2D eigenvalue weighted by Crippen LogP contribution is 2.31. The first-order valence-corrected chi connectivity index (χ1v) is 10.2. The Bertz CT molecular complexity index is 1110. The molecule has 0 bridgehead atoms. The van der Waals surface area contributed by atoms with Crippen LogP contribution in [0.2, 0.25) is 0 Å². The highest BCUT2D eigenvalue weighted by molar-refractivity contribution is 5.95. The van der Waals surface area contributed by atoms with Gasteiger partial charge in [-0.05, 0) is 62.1 Å². The second-order valence-corrected chi connectivity index (χ2v) is 7.49. The van der Waals surface area contributed by atoms with Gasteiger partial charge in [0, 0.05) is 18.9 Å². The number of amides is 1. The maximum absolute atomic E-state index is 13.6. The number of nitrogens with zero attached hydrogens (tertiary/aromatic N) is 3. The molecule has 0 saturated carbocycles. The van der Waals surface area contributed by atoms with Gasteiger partial charge in [-0.3, -0.25) is 19.1 Å². The fourth-order valence-electron chi connectivity index (χ4n) is 4.10. The van der Waals surface area contributed by atoms with E-state index in [9.17, 15) is 9.59 Å². The summed E-state index contributed by atoms with van der Waals surface area (Å²) in [7, 11) is 1.56. The molecule has 4 rings (SSSR count). The van der Waals surface area contributed by atoms with Gasteiger partial charge in [-0.15, -0.1) is 0 Å². The smallest absolute Gasteiger partial charge is 0.268 e. The zero-order valence-corrected chi connectivity index (χ0v) is 17.2. The third-order valence-electron chi connectivity index (χ3n) is 5.65. The minimum absolute atomic E-state index is 0.119. The van der Waals surface area contributed by atoms with E-state index in [0.29, 0.717) is 23.5 Å². The second-order valence-electron chi connectivity index (χ2n) is 7.49. The van der Waals surface area contributed by atoms with Crippen LogP contribution in [0, 0.1) is 6.92 Å². The van der Waals surface area contributed by atoms with Crippen LogP contribution in [0.15, 0.2) is 65.7 Å². The van der Waals surface area contributed by atoms with Crippen molar-refractivity contribution in [1.82, 2.24) is 14.5 Å². The summed E-state index contributed by atoms with van der Waals surface area (Å²) in [5.41, 5.74) is 2.01. The van der Waals surface area contributed by atoms with Gasteiger partial charge in [0.2, 0.25) is 0 Å². The van der Waals surface area contributed by atoms with Crippen LogP contribution >= 0.6 is 0 Å². The van der Waals surface area contributed by atoms with E-state index in [1.165, 1.54) is 4.57 Å². The van der Waals surface area contributed by atoms with Crippen LogP contribution in [-0.2, 0) is 0 Å². The average molecular weight is 403 g/mol. The molecule has 0 aliphatic carbocycles. The Kier molecular flexibility index (Phi) is 5.65. The van der Waals surface area contributed by atoms with Crippen molar-refractivity contribution in [3.05, 3.63) is 88.1 Å². The predicted molar refractivity (Wildman–Crippen MR) is 115 cm³/mol. The van der Waals surface area contributed by atoms with E-state index in [1.807, 2.05) is 35.2 Å². The Balaban J connectivity index is 1.78. The monoisotopic (exact) mass is 403 g/mol. The summed E-state index contributed by atoms with van der Waals surface area (Å²) >= 11 is 0. The van der Waals surface area contributed by atoms with Gasteiger partial charge in [-0.1, -0.05) is 18.2 Å². The van der Waals surface area contributed by atoms with Crippen LogP contribution < -0.4 is 10.3 Å². The van der Waals surface area contributed by atoms with Gasteiger partial charge in [-0.2, -0.15) is 0 Å². The number of pyridine rings is 2. The van der Waals surface area contributed by atoms with E-state index < -0.39 is 0 Å². The molecule has 3 aromatic rings. The first-order valence-electron chi connectivity index (χ1n) is 10.2. The molecule has 30 heavy (non-hydrogen) atoms. The first kappa shape index (κ1) is 19.9. The van der Waals surface area contributed by atoms with E-state index in [2.05, 4.69) is 4.98 Å². The molecule has 6 heteroatoms. The molecule has 1 amide bonds. The SMILES string of the molecule is COc1ccccc1-n1ccc(C)c(C(=O)N2CCCCC2c2ccccn2)c1=O. The van der Waals surface area contributed by atoms with Crippen LogP contribution in [0.3, 0.4) is 0 Å². The van der Waals surface area contributed by atoms with Gasteiger partial charge in [0.25, 0.3) is 11.5 Å². The van der Waals surface area contributed by atoms with Crippen LogP contribution in [-0.4, -0.2) is 34.0 Å². The first-order chi connectivity index (χ1) is 14.6. The van der Waals surface area contributed by atoms with Crippen molar-refractivity contribution in [2.75, 3.05) is 13.7 Å². The summed E-state index contributed by atoms with van der Waals surface area (Å²) in [5, 5.41) is 0. The molecule has 154 valence electrons. The van der Waals surface area contributed by atoms with Crippen molar-refractivity contribution >= 4 is 5.91 Å². The third kappa shape index (κ3) is 3.61. The molecule has 1 unspecified atom stereocenters. The van der Waals surface area contributed by atoms with Crippen LogP contribution in [0.4, 0.5) is 0 Å². The number of hydrogen-bond acceptors (Lipinski definition) is 4. The van der Waals surface area contributed by atoms with Gasteiger partial charge >= 0.3 is 0 Å². The predicted octanol–water partition coefficient (Wildman–Crippen LogP) is 3.92. The number of hydrogen-bond donors (Lipinski definition) is 0. The third-order valence-corrected chi connectivity index (χ3v) is 5.65. The number of carbonyl (C=O) groups is 1. The van der Waals surface area contributed by atoms with Crippen LogP contribution in [0.5, 0.6) is 5.75 Å². The zero-order valence-electron chi connectivity index (χ0n) is 17.2. The summed E-state index contributed by atoms with van der Waals surface area (Å²) in [6, 6.07) is 14.7. The molecule has 1 saturated heterocycles. The van der Waals surface area contributed by atoms with E-state index >= 15 is 0 Å². The molecular weight excluding hydrogens is 378 g/mol. The molecule has 0 spiro atoms. The number of benzene rings is 1. The second kappa shape index (κ2) is 8.53. The Morgan fingerprint density at radius 1 is 1.10 bits per heavy atom. The zero-order chi connectivity index (χ0) is 21.1. The fraction of sp³-hybridized carbons (Fsp3) is 0.292. The Labute approximate surface area is 175 Å². The summed E-state index contributed by atoms with van der Waals surface area (Å²) < 4.78 is 6.90. The van der Waals surface area contributed by atoms with Gasteiger partial charge in [-0.25, -0.2) is 0 Å². The number of methoxy groups -OCH3 is 1. The van der Waals surface area contributed by atoms with E-state index in [4.69, 9.17) is 4.74 Å². The Morgan fingerprint density at radius 2 is 1.90 bits per heavy atom. The molecule has 0 radical (unpaired) electrons. The number of carbonyl (C=O) groups excluding carboxylic acids is 1. The number of aryl methyl sites for hydroxylation is 1. The van der Waals surface area contributed by atoms with Crippen molar-refractivity contribution < 1.29 is 9.53 Å². The molecule has 2 aromatic heterocycles. The topological polar surface area (TPSA) is 64.4 Å². The average Bonchev–Trinajstić information content (AvgIpc) is 2.80. The van der Waals surface area contributed by atoms with Gasteiger partial charge < -0.3 is 9.64 Å². The number of piperidine rings is 1. The lowest BCUT2D eigenvalue weighted by Crippen LogP contribution is -2.42. The van der Waals surface area contributed by atoms with Gasteiger partial charge in [0.1, 0.15) is 11.3 Å². The molecule has 0 N–H and O–H groups in total. The highest BCUT2D eigenvalue weighted by Gasteiger charge is 2.32. The van der Waals surface area contributed by atoms with Crippen molar-refractivity contribution in [3.63, 3.8) is 0 Å². The number of likely N-dealkylation sites (tertiary alicyclic amines) is 1. The quantitative estimate of drug-likeness (QED) is 0.662. The molecule has 3 heterocycles. The molecule has 6 nitrogen and oxygen atoms in total. The largest absolute Gasteiger partial charge is 0.495 e. The van der Waals surface area contributed by atoms with E-state index in [1.54, 1.807) is 44.6 Å². The summed E-state index contributed by atoms with van der Waals surface area (Å²) in [4.78, 5) is 33.3. The summed E-state index contributed by atoms with van der Waals surface area (Å²) in [6.07, 6.45) is 6.23. The Hall–Kier alpha value is -3.41. The van der Waals surface area contributed by atoms with Gasteiger partial charge in [0.15, 0.2) is 0 Å². The highest BCUT2D eigenvalue weighted by atomic mass is 16.5. The summed E-state index contributed by atoms with van der Waals surface area (Å²) in [6.45, 7) is 2.42. The number of aromatic nitrogens is 2. The van der Waals surface area contributed by atoms with Crippen molar-refractivity contribution in [3.8, 4) is 11.4 Å². The minimum atomic E-state index is -0.338. The number of ether oxygens (including phenoxy) is 1. The van der Waals surface area contributed by atoms with Crippen molar-refractivity contribution in [2.24, 2.45) is 0 Å². The normalized spacial score (nSPS) is 16.3. The van der Waals surface area contributed by atoms with Crippen molar-refractivity contribution in [1.29, 1.82) is 0 Å². The lowest BCUT2D eigenvalue weighted by molar-refractivity contribution is 0.0603. The minimum Gasteiger partial charge on any atom is -0.495 e. The molecular formula is C24H25N3O3. The van der Waals surface area contributed by atoms with Gasteiger partial charge in [0.05, 0.1) is 24.5 Å².